The number of halogens is 1. The number of nitrogens with two attached hydrogens (primary N) is 1. The molecule has 0 saturated carbocycles. The van der Waals surface area contributed by atoms with Crippen LogP contribution in [-0.2, 0) is 11.3 Å². The van der Waals surface area contributed by atoms with Crippen LogP contribution in [0.15, 0.2) is 40.2 Å². The van der Waals surface area contributed by atoms with Crippen molar-refractivity contribution in [2.75, 3.05) is 12.3 Å². The minimum atomic E-state index is -0.160. The van der Waals surface area contributed by atoms with E-state index < -0.39 is 0 Å². The van der Waals surface area contributed by atoms with E-state index in [1.807, 2.05) is 12.1 Å². The van der Waals surface area contributed by atoms with Crippen LogP contribution >= 0.6 is 27.3 Å². The Labute approximate surface area is 123 Å². The Hall–Kier alpha value is -1.53. The second kappa shape index (κ2) is 6.58. The third kappa shape index (κ3) is 4.57. The molecule has 19 heavy (non-hydrogen) atoms. The van der Waals surface area contributed by atoms with Crippen molar-refractivity contribution in [1.29, 1.82) is 0 Å². The van der Waals surface area contributed by atoms with Crippen molar-refractivity contribution in [1.82, 2.24) is 5.32 Å². The fourth-order valence-corrected chi connectivity index (χ4v) is 2.86. The maximum Gasteiger partial charge on any atom is 0.258 e. The lowest BCUT2D eigenvalue weighted by molar-refractivity contribution is -0.123. The molecule has 4 nitrogen and oxygen atoms in total. The first kappa shape index (κ1) is 13.9. The molecule has 2 aromatic rings. The van der Waals surface area contributed by atoms with E-state index in [-0.39, 0.29) is 12.5 Å². The van der Waals surface area contributed by atoms with Crippen molar-refractivity contribution >= 4 is 38.9 Å². The highest BCUT2D eigenvalue weighted by Gasteiger charge is 2.04. The number of carbonyl (C=O) groups is 1. The van der Waals surface area contributed by atoms with Gasteiger partial charge in [-0.2, -0.15) is 0 Å². The van der Waals surface area contributed by atoms with Gasteiger partial charge in [-0.1, -0.05) is 6.07 Å². The Morgan fingerprint density at radius 3 is 2.89 bits per heavy atom. The van der Waals surface area contributed by atoms with E-state index in [4.69, 9.17) is 10.5 Å². The van der Waals surface area contributed by atoms with Crippen LogP contribution < -0.4 is 15.8 Å². The van der Waals surface area contributed by atoms with Crippen LogP contribution in [-0.4, -0.2) is 12.5 Å². The Bertz CT molecular complexity index is 571. The number of benzene rings is 1. The molecule has 3 N–H and O–H groups in total. The third-order valence-electron chi connectivity index (χ3n) is 2.32. The fourth-order valence-electron chi connectivity index (χ4n) is 1.44. The SMILES string of the molecule is Nc1cccc(OCC(=O)NCc2ccc(Br)s2)c1. The summed E-state index contributed by atoms with van der Waals surface area (Å²) in [6.45, 7) is 0.491. The van der Waals surface area contributed by atoms with E-state index in [1.54, 1.807) is 35.6 Å². The lowest BCUT2D eigenvalue weighted by Crippen LogP contribution is -2.28. The van der Waals surface area contributed by atoms with Crippen LogP contribution in [0.25, 0.3) is 0 Å². The number of anilines is 1. The number of rotatable bonds is 5. The lowest BCUT2D eigenvalue weighted by atomic mass is 10.3. The molecule has 0 unspecified atom stereocenters. The molecule has 0 aliphatic carbocycles. The predicted octanol–water partition coefficient (Wildman–Crippen LogP) is 2.79. The van der Waals surface area contributed by atoms with Gasteiger partial charge < -0.3 is 15.8 Å². The lowest BCUT2D eigenvalue weighted by Gasteiger charge is -2.07. The smallest absolute Gasteiger partial charge is 0.258 e. The molecule has 0 radical (unpaired) electrons. The first-order chi connectivity index (χ1) is 9.13. The summed E-state index contributed by atoms with van der Waals surface area (Å²) in [6.07, 6.45) is 0. The summed E-state index contributed by atoms with van der Waals surface area (Å²) < 4.78 is 6.39. The van der Waals surface area contributed by atoms with Gasteiger partial charge in [0.15, 0.2) is 6.61 Å². The molecular weight excluding hydrogens is 328 g/mol. The van der Waals surface area contributed by atoms with E-state index in [0.29, 0.717) is 18.0 Å². The molecule has 100 valence electrons. The van der Waals surface area contributed by atoms with Crippen molar-refractivity contribution < 1.29 is 9.53 Å². The van der Waals surface area contributed by atoms with Crippen molar-refractivity contribution in [2.45, 2.75) is 6.54 Å². The van der Waals surface area contributed by atoms with Crippen molar-refractivity contribution in [3.8, 4) is 5.75 Å². The Morgan fingerprint density at radius 2 is 2.21 bits per heavy atom. The van der Waals surface area contributed by atoms with E-state index >= 15 is 0 Å². The van der Waals surface area contributed by atoms with Gasteiger partial charge in [0, 0.05) is 16.6 Å². The largest absolute Gasteiger partial charge is 0.484 e. The molecular formula is C13H13BrN2O2S. The number of nitrogen functional groups attached to an aromatic ring is 1. The number of hydrogen-bond acceptors (Lipinski definition) is 4. The summed E-state index contributed by atoms with van der Waals surface area (Å²) in [5, 5.41) is 2.79. The van der Waals surface area contributed by atoms with Crippen LogP contribution in [0.4, 0.5) is 5.69 Å². The fraction of sp³-hybridized carbons (Fsp3) is 0.154. The third-order valence-corrected chi connectivity index (χ3v) is 3.94. The second-order valence-corrected chi connectivity index (χ2v) is 6.39. The van der Waals surface area contributed by atoms with E-state index in [0.717, 1.165) is 8.66 Å². The summed E-state index contributed by atoms with van der Waals surface area (Å²) in [6, 6.07) is 10.9. The first-order valence-electron chi connectivity index (χ1n) is 5.63. The number of carbonyl (C=O) groups excluding carboxylic acids is 1. The molecule has 0 aliphatic rings. The summed E-state index contributed by atoms with van der Waals surface area (Å²) in [5.41, 5.74) is 6.23. The Balaban J connectivity index is 1.75. The maximum atomic E-state index is 11.6. The van der Waals surface area contributed by atoms with Gasteiger partial charge in [0.2, 0.25) is 0 Å². The molecule has 0 fully saturated rings. The minimum Gasteiger partial charge on any atom is -0.484 e. The van der Waals surface area contributed by atoms with Gasteiger partial charge in [0.05, 0.1) is 10.3 Å². The average molecular weight is 341 g/mol. The second-order valence-electron chi connectivity index (χ2n) is 3.84. The monoisotopic (exact) mass is 340 g/mol. The maximum absolute atomic E-state index is 11.6. The van der Waals surface area contributed by atoms with Crippen molar-refractivity contribution in [3.63, 3.8) is 0 Å². The highest BCUT2D eigenvalue weighted by Crippen LogP contribution is 2.21. The Morgan fingerprint density at radius 1 is 1.37 bits per heavy atom. The van der Waals surface area contributed by atoms with Crippen molar-refractivity contribution in [2.24, 2.45) is 0 Å². The number of ether oxygens (including phenoxy) is 1. The van der Waals surface area contributed by atoms with Gasteiger partial charge in [0.25, 0.3) is 5.91 Å². The van der Waals surface area contributed by atoms with Crippen LogP contribution in [0.5, 0.6) is 5.75 Å². The van der Waals surface area contributed by atoms with Gasteiger partial charge >= 0.3 is 0 Å². The van der Waals surface area contributed by atoms with Crippen LogP contribution in [0.2, 0.25) is 0 Å². The molecule has 0 spiro atoms. The highest BCUT2D eigenvalue weighted by molar-refractivity contribution is 9.11. The normalized spacial score (nSPS) is 10.2. The van der Waals surface area contributed by atoms with Gasteiger partial charge in [-0.25, -0.2) is 0 Å². The zero-order valence-corrected chi connectivity index (χ0v) is 12.5. The molecule has 6 heteroatoms. The molecule has 1 heterocycles. The standard InChI is InChI=1S/C13H13BrN2O2S/c14-12-5-4-11(19-12)7-16-13(17)8-18-10-3-1-2-9(15)6-10/h1-6H,7-8,15H2,(H,16,17). The molecule has 0 saturated heterocycles. The molecule has 0 atom stereocenters. The molecule has 1 aromatic carbocycles. The molecule has 0 aliphatic heterocycles. The number of amides is 1. The topological polar surface area (TPSA) is 64.3 Å². The number of hydrogen-bond donors (Lipinski definition) is 2. The quantitative estimate of drug-likeness (QED) is 0.822. The zero-order chi connectivity index (χ0) is 13.7. The van der Waals surface area contributed by atoms with E-state index in [2.05, 4.69) is 21.2 Å². The number of nitrogens with one attached hydrogen (secondary N) is 1. The summed E-state index contributed by atoms with van der Waals surface area (Å²) >= 11 is 4.97. The molecule has 0 bridgehead atoms. The average Bonchev–Trinajstić information content (AvgIpc) is 2.80. The minimum absolute atomic E-state index is 0.0179. The summed E-state index contributed by atoms with van der Waals surface area (Å²) in [5.74, 6) is 0.431. The van der Waals surface area contributed by atoms with Gasteiger partial charge in [-0.15, -0.1) is 11.3 Å². The van der Waals surface area contributed by atoms with Gasteiger partial charge in [0.1, 0.15) is 5.75 Å². The first-order valence-corrected chi connectivity index (χ1v) is 7.24. The highest BCUT2D eigenvalue weighted by atomic mass is 79.9. The summed E-state index contributed by atoms with van der Waals surface area (Å²) in [7, 11) is 0. The van der Waals surface area contributed by atoms with Crippen LogP contribution in [0.3, 0.4) is 0 Å². The predicted molar refractivity (Wildman–Crippen MR) is 80.2 cm³/mol. The molecule has 2 rings (SSSR count). The Kier molecular flexibility index (Phi) is 4.81. The number of thiophene rings is 1. The van der Waals surface area contributed by atoms with E-state index in [9.17, 15) is 4.79 Å². The molecule has 1 aromatic heterocycles. The molecule has 1 amide bonds. The summed E-state index contributed by atoms with van der Waals surface area (Å²) in [4.78, 5) is 12.7. The van der Waals surface area contributed by atoms with Gasteiger partial charge in [-0.3, -0.25) is 4.79 Å². The van der Waals surface area contributed by atoms with Crippen LogP contribution in [0.1, 0.15) is 4.88 Å². The van der Waals surface area contributed by atoms with Crippen LogP contribution in [0, 0.1) is 0 Å². The van der Waals surface area contributed by atoms with E-state index in [1.165, 1.54) is 0 Å². The van der Waals surface area contributed by atoms with Gasteiger partial charge in [-0.05, 0) is 40.2 Å². The van der Waals surface area contributed by atoms with Crippen molar-refractivity contribution in [3.05, 3.63) is 45.1 Å². The zero-order valence-electron chi connectivity index (χ0n) is 10.1.